The third-order valence-corrected chi connectivity index (χ3v) is 2.40. The molecule has 3 N–H and O–H groups in total. The quantitative estimate of drug-likeness (QED) is 0.595. The van der Waals surface area contributed by atoms with Crippen LogP contribution in [0.1, 0.15) is 30.0 Å². The second-order valence-corrected chi connectivity index (χ2v) is 3.43. The average Bonchev–Trinajstić information content (AvgIpc) is 2.80. The van der Waals surface area contributed by atoms with Gasteiger partial charge in [0.15, 0.2) is 0 Å². The molecular formula is C11H14N4O. The maximum absolute atomic E-state index is 5.64. The Bertz CT molecular complexity index is 440. The van der Waals surface area contributed by atoms with E-state index >= 15 is 0 Å². The lowest BCUT2D eigenvalue weighted by atomic mass is 10.1. The molecule has 2 heterocycles. The second-order valence-electron chi connectivity index (χ2n) is 3.43. The molecule has 0 aliphatic carbocycles. The summed E-state index contributed by atoms with van der Waals surface area (Å²) in [5.74, 6) is 7.23. The van der Waals surface area contributed by atoms with Gasteiger partial charge in [0, 0.05) is 24.4 Å². The van der Waals surface area contributed by atoms with Gasteiger partial charge in [-0.1, -0.05) is 6.92 Å². The number of aryl methyl sites for hydroxylation is 1. The van der Waals surface area contributed by atoms with E-state index in [4.69, 9.17) is 10.3 Å². The van der Waals surface area contributed by atoms with Crippen LogP contribution in [-0.2, 0) is 6.42 Å². The third-order valence-electron chi connectivity index (χ3n) is 2.40. The number of aromatic nitrogens is 2. The lowest BCUT2D eigenvalue weighted by Gasteiger charge is -2.12. The van der Waals surface area contributed by atoms with Crippen molar-refractivity contribution in [1.82, 2.24) is 15.4 Å². The largest absolute Gasteiger partial charge is 0.464 e. The van der Waals surface area contributed by atoms with Crippen molar-refractivity contribution in [3.05, 3.63) is 47.9 Å². The number of hydrazine groups is 1. The third kappa shape index (κ3) is 2.10. The molecule has 0 spiro atoms. The molecule has 0 bridgehead atoms. The van der Waals surface area contributed by atoms with Crippen LogP contribution in [0.15, 0.2) is 35.3 Å². The number of hydrogen-bond acceptors (Lipinski definition) is 5. The molecule has 0 aromatic carbocycles. The summed E-state index contributed by atoms with van der Waals surface area (Å²) in [5.41, 5.74) is 3.58. The maximum atomic E-state index is 5.64. The first-order valence-corrected chi connectivity index (χ1v) is 5.14. The van der Waals surface area contributed by atoms with Gasteiger partial charge in [-0.25, -0.2) is 15.4 Å². The topological polar surface area (TPSA) is 77.0 Å². The normalized spacial score (nSPS) is 12.6. The number of rotatable bonds is 4. The van der Waals surface area contributed by atoms with E-state index in [9.17, 15) is 0 Å². The first kappa shape index (κ1) is 10.8. The van der Waals surface area contributed by atoms with E-state index in [2.05, 4.69) is 15.4 Å². The Kier molecular flexibility index (Phi) is 3.28. The van der Waals surface area contributed by atoms with Crippen LogP contribution in [0.3, 0.4) is 0 Å². The lowest BCUT2D eigenvalue weighted by molar-refractivity contribution is 0.425. The van der Waals surface area contributed by atoms with Gasteiger partial charge in [-0.15, -0.1) is 0 Å². The molecular weight excluding hydrogens is 204 g/mol. The Morgan fingerprint density at radius 2 is 2.12 bits per heavy atom. The summed E-state index contributed by atoms with van der Waals surface area (Å²) in [7, 11) is 0. The van der Waals surface area contributed by atoms with E-state index in [0.717, 1.165) is 23.5 Å². The number of furan rings is 1. The van der Waals surface area contributed by atoms with Gasteiger partial charge in [0.05, 0.1) is 0 Å². The summed E-state index contributed by atoms with van der Waals surface area (Å²) in [6.07, 6.45) is 5.77. The molecule has 0 saturated carbocycles. The minimum Gasteiger partial charge on any atom is -0.464 e. The highest BCUT2D eigenvalue weighted by Crippen LogP contribution is 2.22. The molecule has 0 amide bonds. The van der Waals surface area contributed by atoms with Gasteiger partial charge in [0.2, 0.25) is 0 Å². The number of nitrogens with one attached hydrogen (secondary N) is 1. The van der Waals surface area contributed by atoms with E-state index in [1.807, 2.05) is 19.1 Å². The molecule has 2 aromatic rings. The van der Waals surface area contributed by atoms with Crippen LogP contribution in [0, 0.1) is 0 Å². The molecule has 1 unspecified atom stereocenters. The van der Waals surface area contributed by atoms with Crippen LogP contribution in [0.4, 0.5) is 0 Å². The summed E-state index contributed by atoms with van der Waals surface area (Å²) in [6.45, 7) is 2.04. The van der Waals surface area contributed by atoms with Crippen LogP contribution in [0.2, 0.25) is 0 Å². The Balaban J connectivity index is 2.29. The van der Waals surface area contributed by atoms with Crippen molar-refractivity contribution in [2.75, 3.05) is 0 Å². The van der Waals surface area contributed by atoms with Gasteiger partial charge < -0.3 is 4.42 Å². The highest BCUT2D eigenvalue weighted by atomic mass is 16.3. The molecule has 5 nitrogen and oxygen atoms in total. The van der Waals surface area contributed by atoms with Gasteiger partial charge in [0.1, 0.15) is 23.9 Å². The molecule has 16 heavy (non-hydrogen) atoms. The zero-order valence-electron chi connectivity index (χ0n) is 9.05. The predicted octanol–water partition coefficient (Wildman–Crippen LogP) is 1.18. The minimum absolute atomic E-state index is 0.207. The lowest BCUT2D eigenvalue weighted by Crippen LogP contribution is -2.28. The molecule has 1 atom stereocenters. The molecule has 0 aliphatic rings. The highest BCUT2D eigenvalue weighted by Gasteiger charge is 2.16. The highest BCUT2D eigenvalue weighted by molar-refractivity contribution is 5.22. The SMILES string of the molecule is CCc1ccc(C(NN)c2cncnc2)o1. The molecule has 0 radical (unpaired) electrons. The fraction of sp³-hybridized carbons (Fsp3) is 0.273. The van der Waals surface area contributed by atoms with Gasteiger partial charge in [-0.3, -0.25) is 5.84 Å². The van der Waals surface area contributed by atoms with Crippen LogP contribution in [-0.4, -0.2) is 9.97 Å². The smallest absolute Gasteiger partial charge is 0.127 e. The summed E-state index contributed by atoms with van der Waals surface area (Å²) in [4.78, 5) is 7.92. The van der Waals surface area contributed by atoms with E-state index in [-0.39, 0.29) is 6.04 Å². The summed E-state index contributed by atoms with van der Waals surface area (Å²) in [6, 6.07) is 3.65. The standard InChI is InChI=1S/C11H14N4O/c1-2-9-3-4-10(16-9)11(15-12)8-5-13-7-14-6-8/h3-7,11,15H,2,12H2,1H3. The fourth-order valence-corrected chi connectivity index (χ4v) is 1.54. The van der Waals surface area contributed by atoms with Crippen LogP contribution >= 0.6 is 0 Å². The van der Waals surface area contributed by atoms with E-state index in [1.165, 1.54) is 6.33 Å². The van der Waals surface area contributed by atoms with Crippen LogP contribution in [0.5, 0.6) is 0 Å². The molecule has 0 aliphatic heterocycles. The van der Waals surface area contributed by atoms with Crippen molar-refractivity contribution in [2.24, 2.45) is 5.84 Å². The van der Waals surface area contributed by atoms with E-state index in [1.54, 1.807) is 12.4 Å². The zero-order valence-corrected chi connectivity index (χ0v) is 9.05. The molecule has 0 fully saturated rings. The van der Waals surface area contributed by atoms with E-state index in [0.29, 0.717) is 0 Å². The molecule has 2 aromatic heterocycles. The summed E-state index contributed by atoms with van der Waals surface area (Å²) >= 11 is 0. The van der Waals surface area contributed by atoms with Crippen molar-refractivity contribution < 1.29 is 4.42 Å². The minimum atomic E-state index is -0.207. The van der Waals surface area contributed by atoms with Crippen LogP contribution < -0.4 is 11.3 Å². The van der Waals surface area contributed by atoms with Crippen molar-refractivity contribution in [2.45, 2.75) is 19.4 Å². The molecule has 5 heteroatoms. The first-order chi connectivity index (χ1) is 7.85. The molecule has 2 rings (SSSR count). The number of nitrogens with two attached hydrogens (primary N) is 1. The van der Waals surface area contributed by atoms with Gasteiger partial charge >= 0.3 is 0 Å². The maximum Gasteiger partial charge on any atom is 0.127 e. The van der Waals surface area contributed by atoms with E-state index < -0.39 is 0 Å². The van der Waals surface area contributed by atoms with Crippen LogP contribution in [0.25, 0.3) is 0 Å². The van der Waals surface area contributed by atoms with Crippen molar-refractivity contribution in [1.29, 1.82) is 0 Å². The van der Waals surface area contributed by atoms with Crippen molar-refractivity contribution in [3.8, 4) is 0 Å². The summed E-state index contributed by atoms with van der Waals surface area (Å²) < 4.78 is 5.64. The monoisotopic (exact) mass is 218 g/mol. The number of nitrogens with zero attached hydrogens (tertiary/aromatic N) is 2. The fourth-order valence-electron chi connectivity index (χ4n) is 1.54. The predicted molar refractivity (Wildman–Crippen MR) is 59.3 cm³/mol. The Labute approximate surface area is 93.7 Å². The van der Waals surface area contributed by atoms with Gasteiger partial charge in [-0.2, -0.15) is 0 Å². The zero-order chi connectivity index (χ0) is 11.4. The van der Waals surface area contributed by atoms with Crippen molar-refractivity contribution >= 4 is 0 Å². The Hall–Kier alpha value is -1.72. The first-order valence-electron chi connectivity index (χ1n) is 5.14. The Morgan fingerprint density at radius 1 is 1.38 bits per heavy atom. The molecule has 84 valence electrons. The molecule has 0 saturated heterocycles. The second kappa shape index (κ2) is 4.87. The van der Waals surface area contributed by atoms with Gasteiger partial charge in [0.25, 0.3) is 0 Å². The van der Waals surface area contributed by atoms with Crippen molar-refractivity contribution in [3.63, 3.8) is 0 Å². The van der Waals surface area contributed by atoms with Gasteiger partial charge in [-0.05, 0) is 12.1 Å². The number of hydrogen-bond donors (Lipinski definition) is 2. The average molecular weight is 218 g/mol. The summed E-state index contributed by atoms with van der Waals surface area (Å²) in [5, 5.41) is 0. The Morgan fingerprint density at radius 3 is 2.69 bits per heavy atom.